The van der Waals surface area contributed by atoms with Crippen LogP contribution in [-0.2, 0) is 33.9 Å². The minimum atomic E-state index is -0.604. The highest BCUT2D eigenvalue weighted by Gasteiger charge is 2.29. The van der Waals surface area contributed by atoms with Gasteiger partial charge in [0.05, 0.1) is 6.04 Å². The molecule has 0 radical (unpaired) electrons. The maximum atomic E-state index is 13.5. The van der Waals surface area contributed by atoms with Gasteiger partial charge in [-0.05, 0) is 35.4 Å². The molecule has 2 atom stereocenters. The topological polar surface area (TPSA) is 108 Å². The number of piperazine rings is 1. The second-order valence-corrected chi connectivity index (χ2v) is 10.9. The molecule has 2 aromatic rings. The van der Waals surface area contributed by atoms with E-state index in [1.54, 1.807) is 6.92 Å². The van der Waals surface area contributed by atoms with Crippen molar-refractivity contribution in [3.8, 4) is 0 Å². The third-order valence-electron chi connectivity index (χ3n) is 8.03. The number of carbonyl (C=O) groups is 3. The molecule has 2 aromatic carbocycles. The minimum Gasteiger partial charge on any atom is -0.351 e. The van der Waals surface area contributed by atoms with Crippen LogP contribution in [0, 0.1) is 5.92 Å². The van der Waals surface area contributed by atoms with Gasteiger partial charge in [0, 0.05) is 52.1 Å². The van der Waals surface area contributed by atoms with E-state index in [0.717, 1.165) is 56.4 Å². The van der Waals surface area contributed by atoms with Crippen LogP contribution >= 0.6 is 0 Å². The van der Waals surface area contributed by atoms with Crippen LogP contribution in [0.1, 0.15) is 55.7 Å². The van der Waals surface area contributed by atoms with Gasteiger partial charge in [0.15, 0.2) is 0 Å². The molecular weight excluding hydrogens is 490 g/mol. The highest BCUT2D eigenvalue weighted by Crippen LogP contribution is 2.26. The van der Waals surface area contributed by atoms with Crippen LogP contribution in [0.3, 0.4) is 0 Å². The number of nitrogens with two attached hydrogens (primary N) is 1. The standard InChI is InChI=1S/C31H43N5O3/c1-2-28(37)34-27(31(39)36-18-16-35(17-19-36)22-25-8-4-3-5-9-25)20-23-12-14-24(15-13-23)21-33-30(38)29(32)26-10-6-7-11-26/h3-5,8-9,12-15,26-27,29H,2,6-7,10-11,16-22,32H2,1H3,(H,33,38)(H,34,37)/t27-,29+/m1/s1. The first kappa shape index (κ1) is 28.8. The van der Waals surface area contributed by atoms with E-state index in [9.17, 15) is 14.4 Å². The zero-order chi connectivity index (χ0) is 27.6. The molecule has 4 rings (SSSR count). The summed E-state index contributed by atoms with van der Waals surface area (Å²) in [5.41, 5.74) is 9.37. The third-order valence-corrected chi connectivity index (χ3v) is 8.03. The summed E-state index contributed by atoms with van der Waals surface area (Å²) in [5.74, 6) is 0.0252. The van der Waals surface area contributed by atoms with Gasteiger partial charge in [0.2, 0.25) is 17.7 Å². The van der Waals surface area contributed by atoms with Gasteiger partial charge in [-0.25, -0.2) is 0 Å². The Morgan fingerprint density at radius 1 is 0.897 bits per heavy atom. The van der Waals surface area contributed by atoms with Crippen molar-refractivity contribution < 1.29 is 14.4 Å². The lowest BCUT2D eigenvalue weighted by molar-refractivity contribution is -0.138. The van der Waals surface area contributed by atoms with E-state index < -0.39 is 12.1 Å². The zero-order valence-corrected chi connectivity index (χ0v) is 23.1. The van der Waals surface area contributed by atoms with Gasteiger partial charge in [-0.1, -0.05) is 74.4 Å². The maximum absolute atomic E-state index is 13.5. The Kier molecular flexibility index (Phi) is 10.5. The highest BCUT2D eigenvalue weighted by molar-refractivity contribution is 5.88. The summed E-state index contributed by atoms with van der Waals surface area (Å²) in [7, 11) is 0. The van der Waals surface area contributed by atoms with E-state index in [1.165, 1.54) is 5.56 Å². The molecule has 0 spiro atoms. The quantitative estimate of drug-likeness (QED) is 0.412. The van der Waals surface area contributed by atoms with Crippen LogP contribution in [-0.4, -0.2) is 65.8 Å². The van der Waals surface area contributed by atoms with Gasteiger partial charge < -0.3 is 21.3 Å². The van der Waals surface area contributed by atoms with Gasteiger partial charge in [-0.15, -0.1) is 0 Å². The molecule has 0 bridgehead atoms. The molecule has 1 saturated carbocycles. The molecule has 0 unspecified atom stereocenters. The molecule has 1 aliphatic heterocycles. The van der Waals surface area contributed by atoms with Gasteiger partial charge in [-0.2, -0.15) is 0 Å². The Morgan fingerprint density at radius 3 is 2.18 bits per heavy atom. The Morgan fingerprint density at radius 2 is 1.54 bits per heavy atom. The molecule has 8 heteroatoms. The summed E-state index contributed by atoms with van der Waals surface area (Å²) < 4.78 is 0. The molecule has 0 aromatic heterocycles. The highest BCUT2D eigenvalue weighted by atomic mass is 16.2. The van der Waals surface area contributed by atoms with E-state index >= 15 is 0 Å². The molecule has 39 heavy (non-hydrogen) atoms. The first-order valence-corrected chi connectivity index (χ1v) is 14.4. The van der Waals surface area contributed by atoms with Crippen molar-refractivity contribution in [2.75, 3.05) is 26.2 Å². The van der Waals surface area contributed by atoms with Crippen LogP contribution in [0.4, 0.5) is 0 Å². The third kappa shape index (κ3) is 8.38. The molecule has 1 saturated heterocycles. The molecule has 1 heterocycles. The Balaban J connectivity index is 1.29. The summed E-state index contributed by atoms with van der Waals surface area (Å²) in [6, 6.07) is 17.2. The van der Waals surface area contributed by atoms with Crippen molar-refractivity contribution >= 4 is 17.7 Å². The first-order chi connectivity index (χ1) is 18.9. The van der Waals surface area contributed by atoms with Crippen molar-refractivity contribution in [2.24, 2.45) is 11.7 Å². The predicted molar refractivity (Wildman–Crippen MR) is 152 cm³/mol. The number of nitrogens with zero attached hydrogens (tertiary/aromatic N) is 2. The first-order valence-electron chi connectivity index (χ1n) is 14.4. The van der Waals surface area contributed by atoms with Crippen molar-refractivity contribution in [1.82, 2.24) is 20.4 Å². The van der Waals surface area contributed by atoms with Crippen LogP contribution < -0.4 is 16.4 Å². The molecular formula is C31H43N5O3. The lowest BCUT2D eigenvalue weighted by Gasteiger charge is -2.36. The number of hydrogen-bond acceptors (Lipinski definition) is 5. The average molecular weight is 534 g/mol. The summed E-state index contributed by atoms with van der Waals surface area (Å²) in [5, 5.41) is 5.91. The van der Waals surface area contributed by atoms with Gasteiger partial charge >= 0.3 is 0 Å². The Bertz CT molecular complexity index is 1080. The number of benzene rings is 2. The fourth-order valence-electron chi connectivity index (χ4n) is 5.55. The number of nitrogens with one attached hydrogen (secondary N) is 2. The number of rotatable bonds is 11. The van der Waals surface area contributed by atoms with Gasteiger partial charge in [-0.3, -0.25) is 19.3 Å². The van der Waals surface area contributed by atoms with E-state index in [1.807, 2.05) is 47.4 Å². The zero-order valence-electron chi connectivity index (χ0n) is 23.1. The van der Waals surface area contributed by atoms with Crippen molar-refractivity contribution in [1.29, 1.82) is 0 Å². The van der Waals surface area contributed by atoms with Crippen LogP contribution in [0.2, 0.25) is 0 Å². The lowest BCUT2D eigenvalue weighted by atomic mass is 9.98. The summed E-state index contributed by atoms with van der Waals surface area (Å²) >= 11 is 0. The second-order valence-electron chi connectivity index (χ2n) is 10.9. The Labute approximate surface area is 232 Å². The van der Waals surface area contributed by atoms with Gasteiger partial charge in [0.1, 0.15) is 6.04 Å². The van der Waals surface area contributed by atoms with Gasteiger partial charge in [0.25, 0.3) is 0 Å². The number of amides is 3. The fourth-order valence-corrected chi connectivity index (χ4v) is 5.55. The number of carbonyl (C=O) groups excluding carboxylic acids is 3. The van der Waals surface area contributed by atoms with E-state index in [4.69, 9.17) is 5.73 Å². The molecule has 3 amide bonds. The van der Waals surface area contributed by atoms with Crippen molar-refractivity contribution in [3.05, 3.63) is 71.3 Å². The molecule has 2 fully saturated rings. The molecule has 8 nitrogen and oxygen atoms in total. The normalized spacial score (nSPS) is 17.9. The number of hydrogen-bond donors (Lipinski definition) is 3. The van der Waals surface area contributed by atoms with E-state index in [0.29, 0.717) is 32.5 Å². The monoisotopic (exact) mass is 533 g/mol. The minimum absolute atomic E-state index is 0.0339. The Hall–Kier alpha value is -3.23. The maximum Gasteiger partial charge on any atom is 0.245 e. The van der Waals surface area contributed by atoms with Crippen molar-refractivity contribution in [2.45, 2.75) is 70.6 Å². The fraction of sp³-hybridized carbons (Fsp3) is 0.516. The summed E-state index contributed by atoms with van der Waals surface area (Å²) in [4.78, 5) is 42.4. The molecule has 1 aliphatic carbocycles. The SMILES string of the molecule is CCC(=O)N[C@H](Cc1ccc(CNC(=O)[C@@H](N)C2CCCC2)cc1)C(=O)N1CCN(Cc2ccccc2)CC1. The summed E-state index contributed by atoms with van der Waals surface area (Å²) in [6.45, 7) is 5.98. The lowest BCUT2D eigenvalue weighted by Crippen LogP contribution is -2.55. The molecule has 2 aliphatic rings. The summed E-state index contributed by atoms with van der Waals surface area (Å²) in [6.07, 6.45) is 5.12. The van der Waals surface area contributed by atoms with E-state index in [-0.39, 0.29) is 23.6 Å². The second kappa shape index (κ2) is 14.2. The average Bonchev–Trinajstić information content (AvgIpc) is 3.51. The van der Waals surface area contributed by atoms with Crippen LogP contribution in [0.5, 0.6) is 0 Å². The van der Waals surface area contributed by atoms with Crippen LogP contribution in [0.15, 0.2) is 54.6 Å². The smallest absolute Gasteiger partial charge is 0.245 e. The predicted octanol–water partition coefficient (Wildman–Crippen LogP) is 2.60. The molecule has 210 valence electrons. The molecule has 4 N–H and O–H groups in total. The largest absolute Gasteiger partial charge is 0.351 e. The van der Waals surface area contributed by atoms with Crippen molar-refractivity contribution in [3.63, 3.8) is 0 Å². The van der Waals surface area contributed by atoms with E-state index in [2.05, 4.69) is 27.7 Å². The van der Waals surface area contributed by atoms with Crippen LogP contribution in [0.25, 0.3) is 0 Å².